The molecule has 0 fully saturated rings. The zero-order valence-electron chi connectivity index (χ0n) is 6.35. The number of rotatable bonds is 3. The number of carbonyl (C=O) groups excluding carboxylic acids is 1. The monoisotopic (exact) mass is 129 g/mol. The van der Waals surface area contributed by atoms with Gasteiger partial charge in [0.2, 0.25) is 0 Å². The molecule has 0 heterocycles. The average Bonchev–Trinajstić information content (AvgIpc) is 1.63. The lowest BCUT2D eigenvalue weighted by Gasteiger charge is -2.08. The van der Waals surface area contributed by atoms with Gasteiger partial charge in [-0.3, -0.25) is 4.79 Å². The van der Waals surface area contributed by atoms with Gasteiger partial charge in [0.1, 0.15) is 5.78 Å². The molecule has 0 aliphatic heterocycles. The Morgan fingerprint density at radius 3 is 2.11 bits per heavy atom. The Morgan fingerprint density at radius 1 is 1.56 bits per heavy atom. The van der Waals surface area contributed by atoms with Crippen LogP contribution < -0.4 is 5.73 Å². The number of Topliss-reactive ketones (excluding diaryl/α,β-unsaturated/α-hetero) is 1. The topological polar surface area (TPSA) is 43.1 Å². The summed E-state index contributed by atoms with van der Waals surface area (Å²) < 4.78 is 0. The maximum absolute atomic E-state index is 10.6. The van der Waals surface area contributed by atoms with Crippen LogP contribution in [0.25, 0.3) is 0 Å². The number of ketones is 1. The normalized spacial score (nSPS) is 13.9. The van der Waals surface area contributed by atoms with Crippen molar-refractivity contribution >= 4 is 5.78 Å². The van der Waals surface area contributed by atoms with Crippen molar-refractivity contribution < 1.29 is 4.79 Å². The van der Waals surface area contributed by atoms with E-state index in [-0.39, 0.29) is 11.8 Å². The fourth-order valence-corrected chi connectivity index (χ4v) is 0.674. The third kappa shape index (κ3) is 4.15. The molecule has 0 rings (SSSR count). The van der Waals surface area contributed by atoms with Crippen LogP contribution in [0, 0.1) is 5.92 Å². The zero-order chi connectivity index (χ0) is 7.44. The van der Waals surface area contributed by atoms with E-state index in [2.05, 4.69) is 13.8 Å². The molecule has 2 N–H and O–H groups in total. The molecule has 2 heteroatoms. The fraction of sp³-hybridized carbons (Fsp3) is 0.857. The summed E-state index contributed by atoms with van der Waals surface area (Å²) in [4.78, 5) is 10.6. The van der Waals surface area contributed by atoms with E-state index in [1.165, 1.54) is 6.92 Å². The summed E-state index contributed by atoms with van der Waals surface area (Å²) in [6.45, 7) is 5.65. The van der Waals surface area contributed by atoms with Crippen molar-refractivity contribution in [3.05, 3.63) is 0 Å². The van der Waals surface area contributed by atoms with Crippen molar-refractivity contribution in [2.24, 2.45) is 11.7 Å². The molecule has 0 aromatic carbocycles. The van der Waals surface area contributed by atoms with Crippen LogP contribution in [0.4, 0.5) is 0 Å². The second-order valence-corrected chi connectivity index (χ2v) is 2.85. The predicted molar refractivity (Wildman–Crippen MR) is 38.1 cm³/mol. The van der Waals surface area contributed by atoms with Gasteiger partial charge in [-0.05, 0) is 19.3 Å². The Balaban J connectivity index is 3.50. The van der Waals surface area contributed by atoms with E-state index in [0.29, 0.717) is 5.92 Å². The van der Waals surface area contributed by atoms with E-state index in [0.717, 1.165) is 6.42 Å². The largest absolute Gasteiger partial charge is 0.322 e. The van der Waals surface area contributed by atoms with Crippen molar-refractivity contribution in [1.82, 2.24) is 0 Å². The van der Waals surface area contributed by atoms with Crippen LogP contribution in [0.15, 0.2) is 0 Å². The number of nitrogens with two attached hydrogens (primary N) is 1. The molecule has 0 spiro atoms. The lowest BCUT2D eigenvalue weighted by Crippen LogP contribution is -2.29. The molecule has 0 aromatic heterocycles. The van der Waals surface area contributed by atoms with Crippen LogP contribution in [0.3, 0.4) is 0 Å². The molecule has 1 atom stereocenters. The van der Waals surface area contributed by atoms with Gasteiger partial charge in [0.15, 0.2) is 0 Å². The molecule has 2 nitrogen and oxygen atoms in total. The molecule has 54 valence electrons. The molecule has 1 unspecified atom stereocenters. The molecule has 0 amide bonds. The summed E-state index contributed by atoms with van der Waals surface area (Å²) in [5.41, 5.74) is 5.47. The number of hydrogen-bond acceptors (Lipinski definition) is 2. The van der Waals surface area contributed by atoms with Crippen molar-refractivity contribution in [3.63, 3.8) is 0 Å². The molecule has 0 aliphatic rings. The maximum atomic E-state index is 10.6. The summed E-state index contributed by atoms with van der Waals surface area (Å²) >= 11 is 0. The van der Waals surface area contributed by atoms with E-state index in [1.54, 1.807) is 0 Å². The van der Waals surface area contributed by atoms with Crippen molar-refractivity contribution in [2.45, 2.75) is 33.2 Å². The second kappa shape index (κ2) is 3.62. The highest BCUT2D eigenvalue weighted by molar-refractivity contribution is 5.81. The lowest BCUT2D eigenvalue weighted by molar-refractivity contribution is -0.118. The van der Waals surface area contributed by atoms with Crippen LogP contribution in [0.2, 0.25) is 0 Å². The van der Waals surface area contributed by atoms with E-state index >= 15 is 0 Å². The summed E-state index contributed by atoms with van der Waals surface area (Å²) in [5.74, 6) is 0.604. The molecule has 0 aromatic rings. The van der Waals surface area contributed by atoms with E-state index in [4.69, 9.17) is 5.73 Å². The molecule has 0 bridgehead atoms. The van der Waals surface area contributed by atoms with Gasteiger partial charge in [-0.15, -0.1) is 0 Å². The third-order valence-corrected chi connectivity index (χ3v) is 1.25. The van der Waals surface area contributed by atoms with Gasteiger partial charge in [0.25, 0.3) is 0 Å². The van der Waals surface area contributed by atoms with E-state index < -0.39 is 0 Å². The molecule has 0 saturated carbocycles. The predicted octanol–water partition coefficient (Wildman–Crippen LogP) is 0.949. The van der Waals surface area contributed by atoms with Crippen molar-refractivity contribution in [2.75, 3.05) is 0 Å². The maximum Gasteiger partial charge on any atom is 0.146 e. The highest BCUT2D eigenvalue weighted by atomic mass is 16.1. The standard InChI is InChI=1S/C7H15NO/c1-5(2)4-7(8)6(3)9/h5,7H,4,8H2,1-3H3. The summed E-state index contributed by atoms with van der Waals surface area (Å²) in [5, 5.41) is 0. The Bertz CT molecular complexity index is 99.1. The first-order chi connectivity index (χ1) is 4.04. The Hall–Kier alpha value is -0.370. The van der Waals surface area contributed by atoms with Crippen LogP contribution in [0.1, 0.15) is 27.2 Å². The first-order valence-electron chi connectivity index (χ1n) is 3.30. The van der Waals surface area contributed by atoms with Gasteiger partial charge in [0.05, 0.1) is 6.04 Å². The summed E-state index contributed by atoms with van der Waals surface area (Å²) in [6.07, 6.45) is 0.801. The Labute approximate surface area is 56.4 Å². The molecule has 9 heavy (non-hydrogen) atoms. The van der Waals surface area contributed by atoms with Gasteiger partial charge < -0.3 is 5.73 Å². The van der Waals surface area contributed by atoms with E-state index in [9.17, 15) is 4.79 Å². The minimum absolute atomic E-state index is 0.0868. The Kier molecular flexibility index (Phi) is 3.47. The van der Waals surface area contributed by atoms with Crippen LogP contribution >= 0.6 is 0 Å². The van der Waals surface area contributed by atoms with Gasteiger partial charge in [0, 0.05) is 0 Å². The molecule has 0 aliphatic carbocycles. The van der Waals surface area contributed by atoms with Crippen LogP contribution in [-0.4, -0.2) is 11.8 Å². The number of carbonyl (C=O) groups is 1. The molecular weight excluding hydrogens is 114 g/mol. The lowest BCUT2D eigenvalue weighted by atomic mass is 10.0. The number of hydrogen-bond donors (Lipinski definition) is 1. The minimum Gasteiger partial charge on any atom is -0.322 e. The van der Waals surface area contributed by atoms with Gasteiger partial charge >= 0.3 is 0 Å². The Morgan fingerprint density at radius 2 is 2.00 bits per heavy atom. The van der Waals surface area contributed by atoms with Crippen LogP contribution in [0.5, 0.6) is 0 Å². The molecule has 0 radical (unpaired) electrons. The fourth-order valence-electron chi connectivity index (χ4n) is 0.674. The van der Waals surface area contributed by atoms with Gasteiger partial charge in [-0.25, -0.2) is 0 Å². The first-order valence-corrected chi connectivity index (χ1v) is 3.30. The smallest absolute Gasteiger partial charge is 0.146 e. The summed E-state index contributed by atoms with van der Waals surface area (Å²) in [6, 6.07) is -0.245. The quantitative estimate of drug-likeness (QED) is 0.616. The highest BCUT2D eigenvalue weighted by Crippen LogP contribution is 2.02. The zero-order valence-corrected chi connectivity index (χ0v) is 6.35. The average molecular weight is 129 g/mol. The van der Waals surface area contributed by atoms with Crippen LogP contribution in [-0.2, 0) is 4.79 Å². The second-order valence-electron chi connectivity index (χ2n) is 2.85. The molecule has 0 saturated heterocycles. The van der Waals surface area contributed by atoms with Crippen molar-refractivity contribution in [1.29, 1.82) is 0 Å². The van der Waals surface area contributed by atoms with Crippen molar-refractivity contribution in [3.8, 4) is 0 Å². The molecular formula is C7H15NO. The van der Waals surface area contributed by atoms with Gasteiger partial charge in [-0.1, -0.05) is 13.8 Å². The minimum atomic E-state index is -0.245. The third-order valence-electron chi connectivity index (χ3n) is 1.25. The first kappa shape index (κ1) is 8.63. The SMILES string of the molecule is CC(=O)C(N)CC(C)C. The summed E-state index contributed by atoms with van der Waals surface area (Å²) in [7, 11) is 0. The highest BCUT2D eigenvalue weighted by Gasteiger charge is 2.08. The van der Waals surface area contributed by atoms with E-state index in [1.807, 2.05) is 0 Å². The van der Waals surface area contributed by atoms with Gasteiger partial charge in [-0.2, -0.15) is 0 Å².